The van der Waals surface area contributed by atoms with Crippen LogP contribution in [0.15, 0.2) is 24.3 Å². The molecule has 312 valence electrons. The van der Waals surface area contributed by atoms with Crippen molar-refractivity contribution >= 4 is 11.9 Å². The Morgan fingerprint density at radius 1 is 0.509 bits per heavy atom. The van der Waals surface area contributed by atoms with Gasteiger partial charge in [0, 0.05) is 12.8 Å². The summed E-state index contributed by atoms with van der Waals surface area (Å²) >= 11 is 0. The zero-order valence-corrected chi connectivity index (χ0v) is 35.2. The zero-order valence-electron chi connectivity index (χ0n) is 35.2. The molecule has 0 aliphatic heterocycles. The van der Waals surface area contributed by atoms with Gasteiger partial charge in [-0.3, -0.25) is 9.59 Å². The molecule has 0 radical (unpaired) electrons. The number of nitrogens with one attached hydrogen (secondary N) is 1. The summed E-state index contributed by atoms with van der Waals surface area (Å²) in [5.74, 6) is -0.108. The first-order valence-electron chi connectivity index (χ1n) is 23.1. The van der Waals surface area contributed by atoms with E-state index in [-0.39, 0.29) is 18.5 Å². The highest BCUT2D eigenvalue weighted by atomic mass is 16.5. The lowest BCUT2D eigenvalue weighted by atomic mass is 10.0. The fourth-order valence-corrected chi connectivity index (χ4v) is 6.85. The van der Waals surface area contributed by atoms with E-state index in [4.69, 9.17) is 4.74 Å². The summed E-state index contributed by atoms with van der Waals surface area (Å²) in [6.07, 6.45) is 48.5. The molecule has 0 saturated carbocycles. The number of aliphatic hydroxyl groups is 2. The number of aliphatic hydroxyl groups excluding tert-OH is 2. The van der Waals surface area contributed by atoms with Crippen LogP contribution in [0.25, 0.3) is 0 Å². The van der Waals surface area contributed by atoms with Crippen LogP contribution in [0.3, 0.4) is 0 Å². The summed E-state index contributed by atoms with van der Waals surface area (Å²) in [5, 5.41) is 23.1. The van der Waals surface area contributed by atoms with Gasteiger partial charge in [0.15, 0.2) is 0 Å². The van der Waals surface area contributed by atoms with E-state index >= 15 is 0 Å². The van der Waals surface area contributed by atoms with Crippen molar-refractivity contribution < 1.29 is 24.5 Å². The van der Waals surface area contributed by atoms with Crippen molar-refractivity contribution in [3.8, 4) is 0 Å². The van der Waals surface area contributed by atoms with Crippen molar-refractivity contribution in [2.24, 2.45) is 0 Å². The van der Waals surface area contributed by atoms with Gasteiger partial charge in [-0.1, -0.05) is 179 Å². The van der Waals surface area contributed by atoms with Gasteiger partial charge >= 0.3 is 5.97 Å². The predicted molar refractivity (Wildman–Crippen MR) is 227 cm³/mol. The second-order valence-electron chi connectivity index (χ2n) is 15.7. The van der Waals surface area contributed by atoms with E-state index in [9.17, 15) is 19.8 Å². The summed E-state index contributed by atoms with van der Waals surface area (Å²) in [6.45, 7) is 4.82. The number of carbonyl (C=O) groups excluding carboxylic acids is 2. The van der Waals surface area contributed by atoms with E-state index in [2.05, 4.69) is 43.5 Å². The Bertz CT molecular complexity index is 828. The molecule has 0 aliphatic rings. The Labute approximate surface area is 329 Å². The summed E-state index contributed by atoms with van der Waals surface area (Å²) in [6, 6.07) is -0.561. The fourth-order valence-electron chi connectivity index (χ4n) is 6.85. The lowest BCUT2D eigenvalue weighted by Gasteiger charge is -2.22. The third-order valence-electron chi connectivity index (χ3n) is 10.5. The van der Waals surface area contributed by atoms with Gasteiger partial charge in [-0.15, -0.1) is 0 Å². The van der Waals surface area contributed by atoms with Gasteiger partial charge in [-0.05, 0) is 70.6 Å². The van der Waals surface area contributed by atoms with Gasteiger partial charge in [-0.25, -0.2) is 0 Å². The van der Waals surface area contributed by atoms with E-state index in [1.807, 2.05) is 0 Å². The van der Waals surface area contributed by atoms with Crippen molar-refractivity contribution in [1.29, 1.82) is 0 Å². The van der Waals surface area contributed by atoms with Gasteiger partial charge in [0.1, 0.15) is 0 Å². The third kappa shape index (κ3) is 39.8. The Kier molecular flexibility index (Phi) is 41.7. The SMILES string of the molecule is CCCC/C=C\CCCCCCCC(=O)OCCCC/C=C\CCCCCCCC(=O)NC(CO)C(O)CCCCCCCCCCCCCCCC. The molecule has 0 aliphatic carbocycles. The number of hydrogen-bond acceptors (Lipinski definition) is 5. The monoisotopic (exact) mass is 748 g/mol. The van der Waals surface area contributed by atoms with Crippen LogP contribution >= 0.6 is 0 Å². The normalized spacial score (nSPS) is 12.9. The standard InChI is InChI=1S/C47H89NO5/c1-3-5-7-9-11-13-15-16-17-20-23-27-31-35-39-45(50)44(43-49)48-46(51)40-36-32-28-24-21-18-22-26-30-34-38-42-53-47(52)41-37-33-29-25-19-14-12-10-8-6-4-2/h10,12,22,26,44-45,49-50H,3-9,11,13-21,23-25,27-43H2,1-2H3,(H,48,51)/b12-10-,26-22-. The van der Waals surface area contributed by atoms with Crippen LogP contribution in [0.1, 0.15) is 239 Å². The highest BCUT2D eigenvalue weighted by Crippen LogP contribution is 2.15. The highest BCUT2D eigenvalue weighted by Gasteiger charge is 2.20. The molecule has 0 heterocycles. The Morgan fingerprint density at radius 3 is 1.40 bits per heavy atom. The fraction of sp³-hybridized carbons (Fsp3) is 0.872. The molecule has 2 unspecified atom stereocenters. The molecule has 0 aromatic carbocycles. The van der Waals surface area contributed by atoms with Crippen molar-refractivity contribution in [1.82, 2.24) is 5.32 Å². The van der Waals surface area contributed by atoms with Gasteiger partial charge < -0.3 is 20.3 Å². The molecule has 0 rings (SSSR count). The Morgan fingerprint density at radius 2 is 0.906 bits per heavy atom. The minimum atomic E-state index is -0.681. The van der Waals surface area contributed by atoms with Gasteiger partial charge in [0.25, 0.3) is 0 Å². The lowest BCUT2D eigenvalue weighted by Crippen LogP contribution is -2.45. The maximum absolute atomic E-state index is 12.4. The first-order chi connectivity index (χ1) is 26.0. The van der Waals surface area contributed by atoms with Gasteiger partial charge in [0.05, 0.1) is 25.4 Å². The maximum Gasteiger partial charge on any atom is 0.305 e. The van der Waals surface area contributed by atoms with E-state index in [0.29, 0.717) is 25.9 Å². The van der Waals surface area contributed by atoms with Crippen molar-refractivity contribution in [3.05, 3.63) is 24.3 Å². The minimum Gasteiger partial charge on any atom is -0.466 e. The molecule has 0 bridgehead atoms. The topological polar surface area (TPSA) is 95.9 Å². The first-order valence-corrected chi connectivity index (χ1v) is 23.1. The predicted octanol–water partition coefficient (Wildman–Crippen LogP) is 13.2. The second kappa shape index (κ2) is 43.1. The first kappa shape index (κ1) is 51.3. The third-order valence-corrected chi connectivity index (χ3v) is 10.5. The van der Waals surface area contributed by atoms with Crippen LogP contribution in [0.5, 0.6) is 0 Å². The van der Waals surface area contributed by atoms with Crippen LogP contribution < -0.4 is 5.32 Å². The Hall–Kier alpha value is -1.66. The molecule has 3 N–H and O–H groups in total. The molecule has 1 amide bonds. The van der Waals surface area contributed by atoms with Crippen molar-refractivity contribution in [2.75, 3.05) is 13.2 Å². The van der Waals surface area contributed by atoms with Gasteiger partial charge in [-0.2, -0.15) is 0 Å². The molecule has 6 heteroatoms. The van der Waals surface area contributed by atoms with Crippen molar-refractivity contribution in [3.63, 3.8) is 0 Å². The number of rotatable bonds is 42. The molecular formula is C47H89NO5. The molecule has 0 spiro atoms. The summed E-state index contributed by atoms with van der Waals surface area (Å²) in [4.78, 5) is 24.3. The number of unbranched alkanes of at least 4 members (excludes halogenated alkanes) is 27. The number of esters is 1. The average Bonchev–Trinajstić information content (AvgIpc) is 3.16. The quantitative estimate of drug-likeness (QED) is 0.0328. The lowest BCUT2D eigenvalue weighted by molar-refractivity contribution is -0.143. The molecule has 0 fully saturated rings. The molecule has 0 aromatic heterocycles. The molecule has 0 aromatic rings. The van der Waals surface area contributed by atoms with E-state index < -0.39 is 12.1 Å². The van der Waals surface area contributed by atoms with Crippen LogP contribution in [-0.4, -0.2) is 47.4 Å². The summed E-state index contributed by atoms with van der Waals surface area (Å²) in [5.41, 5.74) is 0. The number of allylic oxidation sites excluding steroid dienone is 4. The number of ether oxygens (including phenoxy) is 1. The largest absolute Gasteiger partial charge is 0.466 e. The zero-order chi connectivity index (χ0) is 38.7. The molecular weight excluding hydrogens is 659 g/mol. The summed E-state index contributed by atoms with van der Waals surface area (Å²) < 4.78 is 5.40. The van der Waals surface area contributed by atoms with Crippen LogP contribution in [0.4, 0.5) is 0 Å². The van der Waals surface area contributed by atoms with Crippen LogP contribution in [0.2, 0.25) is 0 Å². The smallest absolute Gasteiger partial charge is 0.305 e. The average molecular weight is 748 g/mol. The molecule has 2 atom stereocenters. The minimum absolute atomic E-state index is 0.0428. The second-order valence-corrected chi connectivity index (χ2v) is 15.7. The number of carbonyl (C=O) groups is 2. The van der Waals surface area contributed by atoms with Crippen LogP contribution in [0, 0.1) is 0 Å². The number of hydrogen-bond donors (Lipinski definition) is 3. The van der Waals surface area contributed by atoms with E-state index in [1.165, 1.54) is 122 Å². The highest BCUT2D eigenvalue weighted by molar-refractivity contribution is 5.76. The molecule has 0 saturated heterocycles. The number of amides is 1. The summed E-state index contributed by atoms with van der Waals surface area (Å²) in [7, 11) is 0. The van der Waals surface area contributed by atoms with E-state index in [1.54, 1.807) is 0 Å². The molecule has 53 heavy (non-hydrogen) atoms. The van der Waals surface area contributed by atoms with Crippen molar-refractivity contribution in [2.45, 2.75) is 251 Å². The maximum atomic E-state index is 12.4. The Balaban J connectivity index is 3.55. The van der Waals surface area contributed by atoms with Crippen LogP contribution in [-0.2, 0) is 14.3 Å². The van der Waals surface area contributed by atoms with E-state index in [0.717, 1.165) is 83.5 Å². The molecule has 6 nitrogen and oxygen atoms in total. The van der Waals surface area contributed by atoms with Gasteiger partial charge in [0.2, 0.25) is 5.91 Å².